The standard InChI is InChI=1S/C16H20N6O2S/c1-11(2)9-25(23,24)21-7-13(8-21)22-6-12(5-20-22)15-14-3-4-17-16(14)19-10-18-15/h3-6,10-11,13H,7-9H2,1-2H3,(H,17,18,19). The quantitative estimate of drug-likeness (QED) is 0.746. The summed E-state index contributed by atoms with van der Waals surface area (Å²) in [6, 6.07) is 2.00. The molecule has 1 N–H and O–H groups in total. The van der Waals surface area contributed by atoms with Gasteiger partial charge in [-0.3, -0.25) is 4.68 Å². The summed E-state index contributed by atoms with van der Waals surface area (Å²) >= 11 is 0. The molecule has 0 amide bonds. The van der Waals surface area contributed by atoms with Gasteiger partial charge in [0, 0.05) is 36.4 Å². The van der Waals surface area contributed by atoms with Crippen molar-refractivity contribution in [3.05, 3.63) is 31.0 Å². The minimum atomic E-state index is -3.16. The maximum Gasteiger partial charge on any atom is 0.214 e. The number of nitrogens with zero attached hydrogens (tertiary/aromatic N) is 5. The lowest BCUT2D eigenvalue weighted by Crippen LogP contribution is -2.51. The SMILES string of the molecule is CC(C)CS(=O)(=O)N1CC(n2cc(-c3ncnc4[nH]ccc34)cn2)C1. The Labute approximate surface area is 145 Å². The number of H-pyrrole nitrogens is 1. The molecule has 0 saturated carbocycles. The van der Waals surface area contributed by atoms with E-state index in [1.807, 2.05) is 37.0 Å². The molecule has 1 saturated heterocycles. The third-order valence-electron chi connectivity index (χ3n) is 4.37. The lowest BCUT2D eigenvalue weighted by atomic mass is 10.1. The van der Waals surface area contributed by atoms with Gasteiger partial charge in [-0.1, -0.05) is 13.8 Å². The molecule has 0 unspecified atom stereocenters. The number of hydrogen-bond acceptors (Lipinski definition) is 5. The van der Waals surface area contributed by atoms with Crippen LogP contribution in [0.4, 0.5) is 0 Å². The molecular weight excluding hydrogens is 340 g/mol. The van der Waals surface area contributed by atoms with Gasteiger partial charge in [-0.05, 0) is 12.0 Å². The average molecular weight is 360 g/mol. The number of aromatic amines is 1. The van der Waals surface area contributed by atoms with Crippen molar-refractivity contribution in [3.63, 3.8) is 0 Å². The van der Waals surface area contributed by atoms with E-state index >= 15 is 0 Å². The molecule has 0 atom stereocenters. The average Bonchev–Trinajstić information content (AvgIpc) is 3.11. The molecule has 0 bridgehead atoms. The van der Waals surface area contributed by atoms with E-state index < -0.39 is 10.0 Å². The van der Waals surface area contributed by atoms with Gasteiger partial charge in [0.2, 0.25) is 10.0 Å². The number of hydrogen-bond donors (Lipinski definition) is 1. The van der Waals surface area contributed by atoms with Crippen LogP contribution in [0.2, 0.25) is 0 Å². The fourth-order valence-corrected chi connectivity index (χ4v) is 4.95. The van der Waals surface area contributed by atoms with Crippen molar-refractivity contribution < 1.29 is 8.42 Å². The van der Waals surface area contributed by atoms with Crippen molar-refractivity contribution in [2.75, 3.05) is 18.8 Å². The van der Waals surface area contributed by atoms with Crippen LogP contribution in [-0.2, 0) is 10.0 Å². The number of rotatable bonds is 5. The minimum absolute atomic E-state index is 0.0687. The van der Waals surface area contributed by atoms with E-state index in [1.54, 1.807) is 6.20 Å². The fraction of sp³-hybridized carbons (Fsp3) is 0.438. The third-order valence-corrected chi connectivity index (χ3v) is 6.54. The molecule has 0 spiro atoms. The van der Waals surface area contributed by atoms with E-state index in [0.717, 1.165) is 22.3 Å². The molecule has 3 aromatic rings. The summed E-state index contributed by atoms with van der Waals surface area (Å²) < 4.78 is 27.8. The van der Waals surface area contributed by atoms with Gasteiger partial charge in [0.25, 0.3) is 0 Å². The van der Waals surface area contributed by atoms with Crippen LogP contribution in [0.1, 0.15) is 19.9 Å². The molecular formula is C16H20N6O2S. The zero-order chi connectivity index (χ0) is 17.6. The van der Waals surface area contributed by atoms with Crippen molar-refractivity contribution in [3.8, 4) is 11.3 Å². The van der Waals surface area contributed by atoms with Crippen molar-refractivity contribution >= 4 is 21.1 Å². The van der Waals surface area contributed by atoms with E-state index in [1.165, 1.54) is 10.6 Å². The van der Waals surface area contributed by atoms with Crippen LogP contribution < -0.4 is 0 Å². The number of fused-ring (bicyclic) bond motifs is 1. The molecule has 1 aliphatic heterocycles. The van der Waals surface area contributed by atoms with Gasteiger partial charge < -0.3 is 4.98 Å². The first kappa shape index (κ1) is 16.2. The van der Waals surface area contributed by atoms with E-state index in [4.69, 9.17) is 0 Å². The smallest absolute Gasteiger partial charge is 0.214 e. The summed E-state index contributed by atoms with van der Waals surface area (Å²) in [5, 5.41) is 5.35. The summed E-state index contributed by atoms with van der Waals surface area (Å²) in [7, 11) is -3.16. The maximum atomic E-state index is 12.2. The lowest BCUT2D eigenvalue weighted by Gasteiger charge is -2.38. The first-order chi connectivity index (χ1) is 11.9. The normalized spacial score (nSPS) is 16.6. The molecule has 4 rings (SSSR count). The maximum absolute atomic E-state index is 12.2. The second kappa shape index (κ2) is 5.92. The Hall–Kier alpha value is -2.26. The van der Waals surface area contributed by atoms with E-state index in [9.17, 15) is 8.42 Å². The summed E-state index contributed by atoms with van der Waals surface area (Å²) in [4.78, 5) is 11.6. The van der Waals surface area contributed by atoms with Gasteiger partial charge in [-0.15, -0.1) is 0 Å². The van der Waals surface area contributed by atoms with Gasteiger partial charge in [0.1, 0.15) is 12.0 Å². The Morgan fingerprint density at radius 1 is 1.32 bits per heavy atom. The molecule has 0 radical (unpaired) electrons. The van der Waals surface area contributed by atoms with Crippen molar-refractivity contribution in [2.45, 2.75) is 19.9 Å². The van der Waals surface area contributed by atoms with Gasteiger partial charge in [0.15, 0.2) is 0 Å². The van der Waals surface area contributed by atoms with Gasteiger partial charge in [-0.2, -0.15) is 9.40 Å². The first-order valence-electron chi connectivity index (χ1n) is 8.24. The molecule has 3 aromatic heterocycles. The zero-order valence-electron chi connectivity index (χ0n) is 14.1. The van der Waals surface area contributed by atoms with Crippen LogP contribution in [0, 0.1) is 5.92 Å². The largest absolute Gasteiger partial charge is 0.346 e. The second-order valence-electron chi connectivity index (χ2n) is 6.81. The van der Waals surface area contributed by atoms with Crippen LogP contribution in [-0.4, -0.2) is 56.3 Å². The topological polar surface area (TPSA) is 96.8 Å². The van der Waals surface area contributed by atoms with Gasteiger partial charge in [-0.25, -0.2) is 18.4 Å². The fourth-order valence-electron chi connectivity index (χ4n) is 3.10. The lowest BCUT2D eigenvalue weighted by molar-refractivity contribution is 0.190. The third kappa shape index (κ3) is 2.93. The zero-order valence-corrected chi connectivity index (χ0v) is 14.9. The molecule has 8 nitrogen and oxygen atoms in total. The Kier molecular flexibility index (Phi) is 3.84. The summed E-state index contributed by atoms with van der Waals surface area (Å²) in [6.07, 6.45) is 7.04. The minimum Gasteiger partial charge on any atom is -0.346 e. The Balaban J connectivity index is 1.51. The highest BCUT2D eigenvalue weighted by Crippen LogP contribution is 2.28. The van der Waals surface area contributed by atoms with Gasteiger partial charge in [0.05, 0.1) is 23.7 Å². The highest BCUT2D eigenvalue weighted by Gasteiger charge is 2.37. The Morgan fingerprint density at radius 3 is 2.88 bits per heavy atom. The predicted molar refractivity (Wildman–Crippen MR) is 94.3 cm³/mol. The highest BCUT2D eigenvalue weighted by atomic mass is 32.2. The summed E-state index contributed by atoms with van der Waals surface area (Å²) in [5.41, 5.74) is 2.50. The van der Waals surface area contributed by atoms with Crippen LogP contribution in [0.25, 0.3) is 22.3 Å². The molecule has 25 heavy (non-hydrogen) atoms. The van der Waals surface area contributed by atoms with Crippen LogP contribution in [0.15, 0.2) is 31.0 Å². The molecule has 4 heterocycles. The first-order valence-corrected chi connectivity index (χ1v) is 9.85. The number of aromatic nitrogens is 5. The van der Waals surface area contributed by atoms with E-state index in [2.05, 4.69) is 20.1 Å². The van der Waals surface area contributed by atoms with Crippen LogP contribution >= 0.6 is 0 Å². The number of nitrogens with one attached hydrogen (secondary N) is 1. The highest BCUT2D eigenvalue weighted by molar-refractivity contribution is 7.89. The second-order valence-corrected chi connectivity index (χ2v) is 8.83. The molecule has 132 valence electrons. The van der Waals surface area contributed by atoms with Crippen molar-refractivity contribution in [2.24, 2.45) is 5.92 Å². The van der Waals surface area contributed by atoms with Crippen molar-refractivity contribution in [1.82, 2.24) is 29.0 Å². The monoisotopic (exact) mass is 360 g/mol. The summed E-state index contributed by atoms with van der Waals surface area (Å²) in [5.74, 6) is 0.318. The van der Waals surface area contributed by atoms with Gasteiger partial charge >= 0.3 is 0 Å². The molecule has 0 aliphatic carbocycles. The summed E-state index contributed by atoms with van der Waals surface area (Å²) in [6.45, 7) is 4.77. The van der Waals surface area contributed by atoms with Crippen molar-refractivity contribution in [1.29, 1.82) is 0 Å². The predicted octanol–water partition coefficient (Wildman–Crippen LogP) is 1.66. The van der Waals surface area contributed by atoms with E-state index in [0.29, 0.717) is 13.1 Å². The van der Waals surface area contributed by atoms with E-state index in [-0.39, 0.29) is 17.7 Å². The van der Waals surface area contributed by atoms with Crippen LogP contribution in [0.3, 0.4) is 0 Å². The Bertz CT molecular complexity index is 1000. The molecule has 0 aromatic carbocycles. The Morgan fingerprint density at radius 2 is 2.12 bits per heavy atom. The number of sulfonamides is 1. The molecule has 1 aliphatic rings. The molecule has 9 heteroatoms. The molecule has 1 fully saturated rings. The van der Waals surface area contributed by atoms with Crippen LogP contribution in [0.5, 0.6) is 0 Å².